The summed E-state index contributed by atoms with van der Waals surface area (Å²) in [5, 5.41) is 0. The zero-order valence-corrected chi connectivity index (χ0v) is 9.26. The molecular formula is C4H9B2N3O2P2. The Labute approximate surface area is 82.8 Å². The third-order valence-corrected chi connectivity index (χ3v) is 4.13. The topological polar surface area (TPSA) is 61.4 Å². The zero-order valence-electron chi connectivity index (χ0n) is 7.37. The molecule has 0 fully saturated rings. The summed E-state index contributed by atoms with van der Waals surface area (Å²) >= 11 is 0. The van der Waals surface area contributed by atoms with Gasteiger partial charge in [0, 0.05) is 16.8 Å². The van der Waals surface area contributed by atoms with Crippen LogP contribution in [0.1, 0.15) is 0 Å². The first kappa shape index (κ1) is 13.2. The van der Waals surface area contributed by atoms with Gasteiger partial charge in [0.1, 0.15) is 10.8 Å². The van der Waals surface area contributed by atoms with Crippen molar-refractivity contribution in [2.75, 3.05) is 13.7 Å². The highest BCUT2D eigenvalue weighted by Gasteiger charge is 2.17. The summed E-state index contributed by atoms with van der Waals surface area (Å²) in [6.07, 6.45) is 0. The van der Waals surface area contributed by atoms with Gasteiger partial charge in [-0.25, -0.2) is 5.43 Å². The lowest BCUT2D eigenvalue weighted by Gasteiger charge is -2.26. The van der Waals surface area contributed by atoms with Crippen LogP contribution >= 0.6 is 16.8 Å². The normalized spacial score (nSPS) is 13.8. The van der Waals surface area contributed by atoms with Crippen LogP contribution in [-0.4, -0.2) is 44.8 Å². The van der Waals surface area contributed by atoms with Crippen LogP contribution in [0.3, 0.4) is 0 Å². The smallest absolute Gasteiger partial charge is 0.176 e. The molecule has 0 saturated carbocycles. The van der Waals surface area contributed by atoms with Crippen molar-refractivity contribution >= 4 is 43.3 Å². The van der Waals surface area contributed by atoms with Crippen LogP contribution < -0.4 is 11.0 Å². The minimum Gasteiger partial charge on any atom is -0.307 e. The molecule has 68 valence electrons. The first-order valence-corrected chi connectivity index (χ1v) is 5.99. The summed E-state index contributed by atoms with van der Waals surface area (Å²) in [6, 6.07) is 0. The molecule has 0 aromatic rings. The molecule has 13 heavy (non-hydrogen) atoms. The number of rotatable bonds is 6. The predicted octanol–water partition coefficient (Wildman–Crippen LogP) is 0.125. The van der Waals surface area contributed by atoms with Gasteiger partial charge in [-0.15, -0.1) is 0 Å². The second-order valence-electron chi connectivity index (χ2n) is 2.01. The molecule has 0 amide bonds. The number of hydrogen-bond acceptors (Lipinski definition) is 5. The monoisotopic (exact) mass is 215 g/mol. The van der Waals surface area contributed by atoms with Crippen LogP contribution in [0.25, 0.3) is 0 Å². The highest BCUT2D eigenvalue weighted by atomic mass is 31.2. The predicted molar refractivity (Wildman–Crippen MR) is 57.5 cm³/mol. The summed E-state index contributed by atoms with van der Waals surface area (Å²) in [5.41, 5.74) is 4.24. The Hall–Kier alpha value is 0.210. The van der Waals surface area contributed by atoms with Gasteiger partial charge in [0.15, 0.2) is 15.7 Å². The van der Waals surface area contributed by atoms with E-state index in [1.807, 2.05) is 0 Å². The summed E-state index contributed by atoms with van der Waals surface area (Å²) in [6.45, 7) is 1.64. The SMILES string of the molecule is [B]C(=O)PN(NNC)P(C)C([B])=O. The van der Waals surface area contributed by atoms with E-state index in [0.29, 0.717) is 0 Å². The maximum atomic E-state index is 10.8. The standard InChI is InChI=1S/C4H9B2N3O2P2/c1-7-8-9(12-3(5)10)13(2)4(6)11/h7-8,12H,1-2H3. The van der Waals surface area contributed by atoms with Crippen molar-refractivity contribution in [1.82, 2.24) is 15.5 Å². The van der Waals surface area contributed by atoms with Crippen LogP contribution in [0, 0.1) is 0 Å². The van der Waals surface area contributed by atoms with Crippen LogP contribution in [0.15, 0.2) is 0 Å². The molecule has 2 unspecified atom stereocenters. The fourth-order valence-corrected chi connectivity index (χ4v) is 2.50. The quantitative estimate of drug-likeness (QED) is 0.374. The number of carbonyl (C=O) groups is 2. The van der Waals surface area contributed by atoms with Gasteiger partial charge in [0.2, 0.25) is 0 Å². The van der Waals surface area contributed by atoms with E-state index in [2.05, 4.69) is 11.0 Å². The fourth-order valence-electron chi connectivity index (χ4n) is 0.487. The van der Waals surface area contributed by atoms with Crippen LogP contribution in [0.2, 0.25) is 0 Å². The molecule has 0 aromatic heterocycles. The lowest BCUT2D eigenvalue weighted by Crippen LogP contribution is -2.38. The van der Waals surface area contributed by atoms with E-state index in [4.69, 9.17) is 15.7 Å². The third-order valence-electron chi connectivity index (χ3n) is 1.05. The Morgan fingerprint density at radius 2 is 2.00 bits per heavy atom. The molecule has 0 bridgehead atoms. The van der Waals surface area contributed by atoms with Gasteiger partial charge < -0.3 is 9.59 Å². The van der Waals surface area contributed by atoms with Crippen LogP contribution in [-0.2, 0) is 0 Å². The number of carbonyl (C=O) groups excluding carboxylic acids is 2. The number of hydrogen-bond donors (Lipinski definition) is 2. The molecule has 2 N–H and O–H groups in total. The largest absolute Gasteiger partial charge is 0.307 e. The van der Waals surface area contributed by atoms with E-state index in [-0.39, 0.29) is 8.73 Å². The Balaban J connectivity index is 4.22. The number of nitrogens with one attached hydrogen (secondary N) is 2. The third kappa shape index (κ3) is 5.50. The van der Waals surface area contributed by atoms with Gasteiger partial charge in [-0.2, -0.15) is 10.1 Å². The van der Waals surface area contributed by atoms with Crippen molar-refractivity contribution in [1.29, 1.82) is 0 Å². The second-order valence-corrected chi connectivity index (χ2v) is 5.44. The number of hydrazine groups is 2. The van der Waals surface area contributed by atoms with Crippen molar-refractivity contribution in [3.63, 3.8) is 0 Å². The van der Waals surface area contributed by atoms with E-state index < -0.39 is 18.9 Å². The van der Waals surface area contributed by atoms with Gasteiger partial charge in [0.05, 0.1) is 0 Å². The van der Waals surface area contributed by atoms with Gasteiger partial charge in [-0.1, -0.05) is 0 Å². The lowest BCUT2D eigenvalue weighted by atomic mass is 10.2. The van der Waals surface area contributed by atoms with Gasteiger partial charge >= 0.3 is 0 Å². The molecule has 0 rings (SSSR count). The molecule has 0 spiro atoms. The van der Waals surface area contributed by atoms with E-state index in [1.165, 1.54) is 4.55 Å². The Morgan fingerprint density at radius 1 is 1.46 bits per heavy atom. The van der Waals surface area contributed by atoms with Gasteiger partial charge in [-0.05, 0) is 13.7 Å². The zero-order chi connectivity index (χ0) is 10.4. The minimum absolute atomic E-state index is 0.314. The molecule has 4 radical (unpaired) electrons. The molecule has 5 nitrogen and oxygen atoms in total. The summed E-state index contributed by atoms with van der Waals surface area (Å²) in [5.74, 6) is 0. The Bertz CT molecular complexity index is 206. The minimum atomic E-state index is -1.23. The molecular weight excluding hydrogens is 206 g/mol. The van der Waals surface area contributed by atoms with E-state index in [9.17, 15) is 9.59 Å². The van der Waals surface area contributed by atoms with Gasteiger partial charge in [-0.3, -0.25) is 0 Å². The van der Waals surface area contributed by atoms with Crippen LogP contribution in [0.5, 0.6) is 0 Å². The number of nitrogens with zero attached hydrogens (tertiary/aromatic N) is 1. The van der Waals surface area contributed by atoms with Gasteiger partial charge in [0.25, 0.3) is 0 Å². The van der Waals surface area contributed by atoms with E-state index in [0.717, 1.165) is 0 Å². The maximum Gasteiger partial charge on any atom is 0.176 e. The molecule has 2 atom stereocenters. The molecule has 0 aliphatic carbocycles. The molecule has 0 aromatic carbocycles. The van der Waals surface area contributed by atoms with Crippen LogP contribution in [0.4, 0.5) is 9.59 Å². The average Bonchev–Trinajstić information content (AvgIpc) is 2.01. The highest BCUT2D eigenvalue weighted by molar-refractivity contribution is 7.83. The summed E-state index contributed by atoms with van der Waals surface area (Å²) in [7, 11) is 10.1. The molecule has 9 heteroatoms. The first-order chi connectivity index (χ1) is 5.99. The maximum absolute atomic E-state index is 10.8. The van der Waals surface area contributed by atoms with E-state index in [1.54, 1.807) is 13.7 Å². The Morgan fingerprint density at radius 3 is 2.31 bits per heavy atom. The van der Waals surface area contributed by atoms with Crippen molar-refractivity contribution in [3.8, 4) is 0 Å². The summed E-state index contributed by atoms with van der Waals surface area (Å²) < 4.78 is 1.40. The first-order valence-electron chi connectivity index (χ1n) is 3.30. The molecule has 0 heterocycles. The molecule has 0 saturated heterocycles. The fraction of sp³-hybridized carbons (Fsp3) is 0.500. The van der Waals surface area contributed by atoms with E-state index >= 15 is 0 Å². The second kappa shape index (κ2) is 6.63. The summed E-state index contributed by atoms with van der Waals surface area (Å²) in [4.78, 5) is 21.4. The lowest BCUT2D eigenvalue weighted by molar-refractivity contribution is 0.273. The average molecular weight is 215 g/mol. The molecule has 0 aliphatic rings. The van der Waals surface area contributed by atoms with Crippen molar-refractivity contribution in [3.05, 3.63) is 0 Å². The highest BCUT2D eigenvalue weighted by Crippen LogP contribution is 2.42. The Kier molecular flexibility index (Phi) is 6.74. The van der Waals surface area contributed by atoms with Crippen molar-refractivity contribution in [2.45, 2.75) is 0 Å². The molecule has 0 aliphatic heterocycles. The van der Waals surface area contributed by atoms with Crippen molar-refractivity contribution in [2.24, 2.45) is 0 Å². The van der Waals surface area contributed by atoms with Crippen molar-refractivity contribution < 1.29 is 9.59 Å².